The Labute approximate surface area is 167 Å². The molecule has 0 radical (unpaired) electrons. The Balaban J connectivity index is 1.33. The third-order valence-electron chi connectivity index (χ3n) is 4.97. The molecule has 1 N–H and O–H groups in total. The minimum Gasteiger partial charge on any atom is -0.454 e. The van der Waals surface area contributed by atoms with E-state index in [1.165, 1.54) is 12.3 Å². The molecule has 148 valence electrons. The van der Waals surface area contributed by atoms with Crippen molar-refractivity contribution in [2.45, 2.75) is 12.8 Å². The quantitative estimate of drug-likeness (QED) is 0.517. The second-order valence-corrected chi connectivity index (χ2v) is 6.94. The predicted octanol–water partition coefficient (Wildman–Crippen LogP) is 3.08. The fourth-order valence-electron chi connectivity index (χ4n) is 3.34. The molecule has 1 aliphatic rings. The number of aromatic nitrogens is 2. The molecule has 1 aliphatic heterocycles. The van der Waals surface area contributed by atoms with E-state index in [1.807, 2.05) is 29.1 Å². The number of amides is 1. The molecule has 1 aromatic carbocycles. The molecule has 3 heterocycles. The Kier molecular flexibility index (Phi) is 5.29. The maximum Gasteiger partial charge on any atom is 0.338 e. The number of hydrogen-bond acceptors (Lipinski definition) is 4. The number of esters is 1. The highest BCUT2D eigenvalue weighted by atomic mass is 16.5. The monoisotopic (exact) mass is 391 g/mol. The number of ether oxygens (including phenoxy) is 1. The van der Waals surface area contributed by atoms with E-state index >= 15 is 0 Å². The highest BCUT2D eigenvalue weighted by Gasteiger charge is 2.22. The minimum absolute atomic E-state index is 0.110. The van der Waals surface area contributed by atoms with Crippen molar-refractivity contribution in [3.8, 4) is 5.69 Å². The number of carbonyl (C=O) groups excluding carboxylic acids is 3. The van der Waals surface area contributed by atoms with E-state index in [1.54, 1.807) is 29.2 Å². The number of carbonyl (C=O) groups is 3. The lowest BCUT2D eigenvalue weighted by Crippen LogP contribution is -2.27. The Hall–Kier alpha value is -3.61. The molecule has 0 saturated carbocycles. The van der Waals surface area contributed by atoms with E-state index in [0.717, 1.165) is 31.6 Å². The van der Waals surface area contributed by atoms with Gasteiger partial charge in [-0.15, -0.1) is 0 Å². The maximum atomic E-state index is 12.3. The summed E-state index contributed by atoms with van der Waals surface area (Å²) in [7, 11) is 0. The molecule has 3 aromatic rings. The second kappa shape index (κ2) is 8.18. The summed E-state index contributed by atoms with van der Waals surface area (Å²) in [4.78, 5) is 41.5. The number of aromatic amines is 1. The molecule has 0 spiro atoms. The van der Waals surface area contributed by atoms with E-state index in [-0.39, 0.29) is 18.3 Å². The second-order valence-electron chi connectivity index (χ2n) is 6.94. The lowest BCUT2D eigenvalue weighted by Gasteiger charge is -2.13. The molecular weight excluding hydrogens is 370 g/mol. The summed E-state index contributed by atoms with van der Waals surface area (Å²) in [6.07, 6.45) is 7.30. The first-order valence-electron chi connectivity index (χ1n) is 9.53. The molecule has 0 unspecified atom stereocenters. The third kappa shape index (κ3) is 4.13. The summed E-state index contributed by atoms with van der Waals surface area (Å²) in [6.45, 7) is 1.09. The van der Waals surface area contributed by atoms with Gasteiger partial charge in [-0.1, -0.05) is 0 Å². The molecule has 0 bridgehead atoms. The van der Waals surface area contributed by atoms with Crippen LogP contribution in [0, 0.1) is 0 Å². The Morgan fingerprint density at radius 2 is 1.66 bits per heavy atom. The zero-order valence-corrected chi connectivity index (χ0v) is 15.8. The Morgan fingerprint density at radius 1 is 0.966 bits per heavy atom. The van der Waals surface area contributed by atoms with Crippen LogP contribution in [0.4, 0.5) is 0 Å². The fourth-order valence-corrected chi connectivity index (χ4v) is 3.34. The number of ketones is 1. The van der Waals surface area contributed by atoms with E-state index in [2.05, 4.69) is 4.98 Å². The van der Waals surface area contributed by atoms with Crippen LogP contribution in [-0.2, 0) is 4.74 Å². The molecule has 29 heavy (non-hydrogen) atoms. The van der Waals surface area contributed by atoms with Crippen molar-refractivity contribution in [2.75, 3.05) is 19.7 Å². The third-order valence-corrected chi connectivity index (χ3v) is 4.97. The largest absolute Gasteiger partial charge is 0.454 e. The number of benzene rings is 1. The highest BCUT2D eigenvalue weighted by molar-refractivity contribution is 6.02. The van der Waals surface area contributed by atoms with Crippen LogP contribution in [0.1, 0.15) is 44.0 Å². The van der Waals surface area contributed by atoms with Crippen molar-refractivity contribution in [2.24, 2.45) is 0 Å². The lowest BCUT2D eigenvalue weighted by atomic mass is 10.2. The normalized spacial score (nSPS) is 13.4. The van der Waals surface area contributed by atoms with Gasteiger partial charge in [-0.2, -0.15) is 0 Å². The van der Waals surface area contributed by atoms with Crippen LogP contribution in [-0.4, -0.2) is 51.8 Å². The summed E-state index contributed by atoms with van der Waals surface area (Å²) in [5, 5.41) is 0. The molecule has 7 heteroatoms. The van der Waals surface area contributed by atoms with Crippen LogP contribution in [0.5, 0.6) is 0 Å². The lowest BCUT2D eigenvalue weighted by molar-refractivity contribution is 0.0474. The Bertz CT molecular complexity index is 1010. The van der Waals surface area contributed by atoms with Gasteiger partial charge in [-0.25, -0.2) is 4.79 Å². The first kappa shape index (κ1) is 18.7. The molecule has 1 saturated heterocycles. The fraction of sp³-hybridized carbons (Fsp3) is 0.227. The summed E-state index contributed by atoms with van der Waals surface area (Å²) in [5.41, 5.74) is 1.99. The van der Waals surface area contributed by atoms with Crippen molar-refractivity contribution in [1.29, 1.82) is 0 Å². The van der Waals surface area contributed by atoms with Gasteiger partial charge in [-0.3, -0.25) is 9.59 Å². The molecule has 1 fully saturated rings. The van der Waals surface area contributed by atoms with Crippen molar-refractivity contribution < 1.29 is 19.1 Å². The molecule has 0 atom stereocenters. The van der Waals surface area contributed by atoms with Crippen molar-refractivity contribution in [3.05, 3.63) is 77.9 Å². The van der Waals surface area contributed by atoms with Gasteiger partial charge in [0.15, 0.2) is 6.61 Å². The molecule has 2 aromatic heterocycles. The molecule has 7 nitrogen and oxygen atoms in total. The van der Waals surface area contributed by atoms with E-state index in [0.29, 0.717) is 16.8 Å². The maximum absolute atomic E-state index is 12.3. The minimum atomic E-state index is -0.568. The van der Waals surface area contributed by atoms with Gasteiger partial charge in [0.25, 0.3) is 5.91 Å². The highest BCUT2D eigenvalue weighted by Crippen LogP contribution is 2.14. The molecule has 4 rings (SSSR count). The van der Waals surface area contributed by atoms with Gasteiger partial charge in [0.1, 0.15) is 5.69 Å². The first-order chi connectivity index (χ1) is 14.1. The van der Waals surface area contributed by atoms with Crippen LogP contribution in [0.15, 0.2) is 61.1 Å². The van der Waals surface area contributed by atoms with Gasteiger partial charge in [0.2, 0.25) is 5.78 Å². The average molecular weight is 391 g/mol. The topological polar surface area (TPSA) is 84.4 Å². The van der Waals surface area contributed by atoms with Gasteiger partial charge >= 0.3 is 5.97 Å². The summed E-state index contributed by atoms with van der Waals surface area (Å²) < 4.78 is 7.06. The summed E-state index contributed by atoms with van der Waals surface area (Å²) in [5.74, 6) is -1.04. The SMILES string of the molecule is O=C(COC(=O)c1ccc(-n2cccc2)cc1)c1c[nH]c(C(=O)N2CCCC2)c1. The van der Waals surface area contributed by atoms with Crippen LogP contribution in [0.25, 0.3) is 5.69 Å². The zero-order chi connectivity index (χ0) is 20.2. The summed E-state index contributed by atoms with van der Waals surface area (Å²) in [6, 6.07) is 12.3. The van der Waals surface area contributed by atoms with Crippen molar-refractivity contribution in [3.63, 3.8) is 0 Å². The zero-order valence-electron chi connectivity index (χ0n) is 15.8. The number of rotatable bonds is 6. The standard InChI is InChI=1S/C22H21N3O4/c26-20(17-13-19(23-14-17)21(27)25-11-3-4-12-25)15-29-22(28)16-5-7-18(8-6-16)24-9-1-2-10-24/h1-2,5-10,13-14,23H,3-4,11-12,15H2. The first-order valence-corrected chi connectivity index (χ1v) is 9.53. The van der Waals surface area contributed by atoms with Gasteiger partial charge in [0.05, 0.1) is 5.56 Å². The number of nitrogens with zero attached hydrogens (tertiary/aromatic N) is 2. The smallest absolute Gasteiger partial charge is 0.338 e. The number of hydrogen-bond donors (Lipinski definition) is 1. The van der Waals surface area contributed by atoms with Crippen LogP contribution in [0.2, 0.25) is 0 Å². The number of likely N-dealkylation sites (tertiary alicyclic amines) is 1. The van der Waals surface area contributed by atoms with Crippen LogP contribution in [0.3, 0.4) is 0 Å². The number of H-pyrrole nitrogens is 1. The number of Topliss-reactive ketones (excluding diaryl/α,β-unsaturated/α-hetero) is 1. The van der Waals surface area contributed by atoms with E-state index < -0.39 is 5.97 Å². The van der Waals surface area contributed by atoms with Crippen molar-refractivity contribution in [1.82, 2.24) is 14.5 Å². The van der Waals surface area contributed by atoms with E-state index in [9.17, 15) is 14.4 Å². The predicted molar refractivity (Wildman–Crippen MR) is 106 cm³/mol. The van der Waals surface area contributed by atoms with Crippen molar-refractivity contribution >= 4 is 17.7 Å². The Morgan fingerprint density at radius 3 is 2.34 bits per heavy atom. The number of nitrogens with one attached hydrogen (secondary N) is 1. The van der Waals surface area contributed by atoms with Gasteiger partial charge < -0.3 is 19.2 Å². The summed E-state index contributed by atoms with van der Waals surface area (Å²) >= 11 is 0. The average Bonchev–Trinajstić information content (AvgIpc) is 3.52. The molecule has 1 amide bonds. The molecule has 0 aliphatic carbocycles. The van der Waals surface area contributed by atoms with Gasteiger partial charge in [0, 0.05) is 42.9 Å². The van der Waals surface area contributed by atoms with E-state index in [4.69, 9.17) is 4.74 Å². The molecular formula is C22H21N3O4. The van der Waals surface area contributed by atoms with Crippen LogP contribution >= 0.6 is 0 Å². The van der Waals surface area contributed by atoms with Crippen LogP contribution < -0.4 is 0 Å². The van der Waals surface area contributed by atoms with Gasteiger partial charge in [-0.05, 0) is 55.3 Å².